The normalized spacial score (nSPS) is 12.4. The Labute approximate surface area is 133 Å². The summed E-state index contributed by atoms with van der Waals surface area (Å²) in [4.78, 5) is 12.6. The van der Waals surface area contributed by atoms with Gasteiger partial charge < -0.3 is 10.6 Å². The minimum absolute atomic E-state index is 0.136. The molecule has 0 amide bonds. The van der Waals surface area contributed by atoms with Gasteiger partial charge in [-0.25, -0.2) is 4.79 Å². The summed E-state index contributed by atoms with van der Waals surface area (Å²) in [7, 11) is 1.91. The average molecular weight is 307 g/mol. The van der Waals surface area contributed by atoms with Crippen molar-refractivity contribution in [3.63, 3.8) is 0 Å². The van der Waals surface area contributed by atoms with Crippen LogP contribution in [-0.2, 0) is 13.2 Å². The van der Waals surface area contributed by atoms with E-state index >= 15 is 0 Å². The maximum Gasteiger partial charge on any atom is 0.352 e. The molecule has 116 valence electrons. The summed E-state index contributed by atoms with van der Waals surface area (Å²) in [6.45, 7) is 1.23. The standard InChI is InChI=1S/C17H17N5O/c1-18-10-12-6-8-13(9-7-12)22-17(23)21-11-19-15-5-3-2-4-14(15)16(21)20-22/h2-9,18-19H,10-11H2,1H3. The molecule has 0 aliphatic carbocycles. The van der Waals surface area contributed by atoms with Crippen LogP contribution in [0.1, 0.15) is 5.56 Å². The van der Waals surface area contributed by atoms with Crippen molar-refractivity contribution in [2.24, 2.45) is 0 Å². The van der Waals surface area contributed by atoms with Gasteiger partial charge in [0.2, 0.25) is 0 Å². The molecular formula is C17H17N5O. The molecule has 3 aromatic rings. The Kier molecular flexibility index (Phi) is 3.24. The van der Waals surface area contributed by atoms with E-state index in [4.69, 9.17) is 0 Å². The van der Waals surface area contributed by atoms with Crippen LogP contribution in [0.25, 0.3) is 17.1 Å². The fraction of sp³-hybridized carbons (Fsp3) is 0.176. The number of rotatable bonds is 3. The van der Waals surface area contributed by atoms with Crippen LogP contribution in [-0.4, -0.2) is 21.4 Å². The molecule has 6 nitrogen and oxygen atoms in total. The first-order chi connectivity index (χ1) is 11.3. The van der Waals surface area contributed by atoms with Crippen LogP contribution in [0, 0.1) is 0 Å². The Hall–Kier alpha value is -2.86. The summed E-state index contributed by atoms with van der Waals surface area (Å²) in [5.41, 5.74) is 3.75. The summed E-state index contributed by atoms with van der Waals surface area (Å²) in [6.07, 6.45) is 0. The largest absolute Gasteiger partial charge is 0.367 e. The molecule has 4 rings (SSSR count). The molecule has 0 radical (unpaired) electrons. The third-order valence-electron chi connectivity index (χ3n) is 4.02. The van der Waals surface area contributed by atoms with Gasteiger partial charge in [-0.15, -0.1) is 5.10 Å². The zero-order valence-electron chi connectivity index (χ0n) is 12.8. The number of hydrogen-bond acceptors (Lipinski definition) is 4. The van der Waals surface area contributed by atoms with Crippen molar-refractivity contribution in [3.8, 4) is 17.1 Å². The Morgan fingerprint density at radius 1 is 1.17 bits per heavy atom. The lowest BCUT2D eigenvalue weighted by Crippen LogP contribution is -2.28. The Bertz CT molecular complexity index is 907. The van der Waals surface area contributed by atoms with E-state index in [1.54, 1.807) is 4.57 Å². The third kappa shape index (κ3) is 2.24. The third-order valence-corrected chi connectivity index (χ3v) is 4.02. The number of benzene rings is 2. The lowest BCUT2D eigenvalue weighted by atomic mass is 10.1. The Morgan fingerprint density at radius 2 is 1.96 bits per heavy atom. The lowest BCUT2D eigenvalue weighted by molar-refractivity contribution is 0.718. The molecule has 0 bridgehead atoms. The maximum absolute atomic E-state index is 12.6. The van der Waals surface area contributed by atoms with Crippen LogP contribution >= 0.6 is 0 Å². The summed E-state index contributed by atoms with van der Waals surface area (Å²) in [5.74, 6) is 0.698. The van der Waals surface area contributed by atoms with E-state index in [0.717, 1.165) is 23.5 Å². The monoisotopic (exact) mass is 307 g/mol. The number of nitrogens with zero attached hydrogens (tertiary/aromatic N) is 3. The van der Waals surface area contributed by atoms with E-state index in [9.17, 15) is 4.79 Å². The highest BCUT2D eigenvalue weighted by atomic mass is 16.2. The molecular weight excluding hydrogens is 290 g/mol. The van der Waals surface area contributed by atoms with Crippen LogP contribution in [0.4, 0.5) is 5.69 Å². The second kappa shape index (κ2) is 5.40. The molecule has 2 aromatic carbocycles. The topological polar surface area (TPSA) is 63.9 Å². The van der Waals surface area contributed by atoms with Crippen molar-refractivity contribution in [1.29, 1.82) is 0 Å². The van der Waals surface area contributed by atoms with Gasteiger partial charge in [-0.05, 0) is 36.9 Å². The number of hydrogen-bond donors (Lipinski definition) is 2. The number of nitrogens with one attached hydrogen (secondary N) is 2. The molecule has 0 fully saturated rings. The first-order valence-electron chi connectivity index (χ1n) is 7.55. The van der Waals surface area contributed by atoms with E-state index in [0.29, 0.717) is 12.5 Å². The highest BCUT2D eigenvalue weighted by Crippen LogP contribution is 2.29. The van der Waals surface area contributed by atoms with Crippen LogP contribution < -0.4 is 16.3 Å². The highest BCUT2D eigenvalue weighted by Gasteiger charge is 2.21. The van der Waals surface area contributed by atoms with Crippen LogP contribution in [0.3, 0.4) is 0 Å². The maximum atomic E-state index is 12.6. The van der Waals surface area contributed by atoms with Crippen molar-refractivity contribution >= 4 is 5.69 Å². The molecule has 0 atom stereocenters. The second-order valence-corrected chi connectivity index (χ2v) is 5.52. The van der Waals surface area contributed by atoms with E-state index in [1.165, 1.54) is 10.2 Å². The summed E-state index contributed by atoms with van der Waals surface area (Å²) in [6, 6.07) is 15.7. The average Bonchev–Trinajstić information content (AvgIpc) is 2.93. The SMILES string of the molecule is CNCc1ccc(-n2nc3n(c2=O)CNc2ccccc2-3)cc1. The van der Waals surface area contributed by atoms with E-state index < -0.39 is 0 Å². The van der Waals surface area contributed by atoms with Gasteiger partial charge in [-0.1, -0.05) is 24.3 Å². The zero-order chi connectivity index (χ0) is 15.8. The number of para-hydroxylation sites is 1. The Balaban J connectivity index is 1.81. The summed E-state index contributed by atoms with van der Waals surface area (Å²) >= 11 is 0. The highest BCUT2D eigenvalue weighted by molar-refractivity contribution is 5.75. The number of anilines is 1. The minimum atomic E-state index is -0.136. The predicted octanol–water partition coefficient (Wildman–Crippen LogP) is 1.80. The first-order valence-corrected chi connectivity index (χ1v) is 7.55. The van der Waals surface area contributed by atoms with Crippen molar-refractivity contribution in [2.75, 3.05) is 12.4 Å². The number of aromatic nitrogens is 3. The molecule has 0 saturated heterocycles. The summed E-state index contributed by atoms with van der Waals surface area (Å²) < 4.78 is 3.12. The smallest absolute Gasteiger partial charge is 0.352 e. The predicted molar refractivity (Wildman–Crippen MR) is 89.6 cm³/mol. The van der Waals surface area contributed by atoms with E-state index in [-0.39, 0.29) is 5.69 Å². The fourth-order valence-corrected chi connectivity index (χ4v) is 2.86. The summed E-state index contributed by atoms with van der Waals surface area (Å²) in [5, 5.41) is 10.9. The van der Waals surface area contributed by atoms with Crippen LogP contribution in [0.5, 0.6) is 0 Å². The molecule has 1 aromatic heterocycles. The molecule has 0 spiro atoms. The first kappa shape index (κ1) is 13.8. The van der Waals surface area contributed by atoms with Gasteiger partial charge in [0.15, 0.2) is 5.82 Å². The van der Waals surface area contributed by atoms with Crippen molar-refractivity contribution in [2.45, 2.75) is 13.2 Å². The minimum Gasteiger partial charge on any atom is -0.367 e. The van der Waals surface area contributed by atoms with Gasteiger partial charge in [-0.3, -0.25) is 4.57 Å². The molecule has 2 heterocycles. The zero-order valence-corrected chi connectivity index (χ0v) is 12.8. The molecule has 0 unspecified atom stereocenters. The van der Waals surface area contributed by atoms with Gasteiger partial charge in [0.1, 0.15) is 0 Å². The molecule has 1 aliphatic rings. The van der Waals surface area contributed by atoms with E-state index in [2.05, 4.69) is 15.7 Å². The molecule has 23 heavy (non-hydrogen) atoms. The van der Waals surface area contributed by atoms with Crippen LogP contribution in [0.2, 0.25) is 0 Å². The van der Waals surface area contributed by atoms with Gasteiger partial charge in [-0.2, -0.15) is 4.68 Å². The molecule has 1 aliphatic heterocycles. The second-order valence-electron chi connectivity index (χ2n) is 5.52. The Morgan fingerprint density at radius 3 is 2.74 bits per heavy atom. The van der Waals surface area contributed by atoms with Crippen molar-refractivity contribution < 1.29 is 0 Å². The van der Waals surface area contributed by atoms with Crippen molar-refractivity contribution in [1.82, 2.24) is 19.7 Å². The fourth-order valence-electron chi connectivity index (χ4n) is 2.86. The van der Waals surface area contributed by atoms with Gasteiger partial charge in [0.25, 0.3) is 0 Å². The number of fused-ring (bicyclic) bond motifs is 3. The molecule has 0 saturated carbocycles. The molecule has 2 N–H and O–H groups in total. The quantitative estimate of drug-likeness (QED) is 0.774. The van der Waals surface area contributed by atoms with Gasteiger partial charge in [0.05, 0.1) is 12.4 Å². The van der Waals surface area contributed by atoms with Gasteiger partial charge >= 0.3 is 5.69 Å². The van der Waals surface area contributed by atoms with E-state index in [1.807, 2.05) is 55.6 Å². The van der Waals surface area contributed by atoms with Gasteiger partial charge in [0, 0.05) is 17.8 Å². The lowest BCUT2D eigenvalue weighted by Gasteiger charge is -2.17. The molecule has 6 heteroatoms. The van der Waals surface area contributed by atoms with Crippen LogP contribution in [0.15, 0.2) is 53.3 Å². The van der Waals surface area contributed by atoms with Crippen molar-refractivity contribution in [3.05, 3.63) is 64.6 Å².